The summed E-state index contributed by atoms with van der Waals surface area (Å²) in [4.78, 5) is 69.6. The van der Waals surface area contributed by atoms with Crippen LogP contribution in [0.4, 0.5) is 17.1 Å². The highest BCUT2D eigenvalue weighted by atomic mass is 16.2. The molecule has 4 aromatic carbocycles. The van der Waals surface area contributed by atoms with Crippen molar-refractivity contribution in [2.45, 2.75) is 344 Å². The third kappa shape index (κ3) is 28.0. The van der Waals surface area contributed by atoms with Gasteiger partial charge in [0.25, 0.3) is 11.8 Å². The summed E-state index contributed by atoms with van der Waals surface area (Å²) in [5.41, 5.74) is 8.01. The number of rotatable bonds is 0. The number of benzodiazepines with no additional fused rings is 2. The first kappa shape index (κ1) is 99.8. The SMILES string of the molecule is C.C.CC.CC.CC.CC.CC.CC.CC.CC(C)(C)C1C(=O)N(C(C)(C)C)c2ccccc2-c2ccccc21.CC(C)(C)C1CCCCN(C(C)(C)C)C1=O.CC(C)(C)C1N=Cc2ccccc2N(C(C)(C)C)C1=O.CC1=NC(C(C)(C)C)C(=O)N(C(C)(C)C)c2ccccc21. The van der Waals surface area contributed by atoms with E-state index in [1.165, 1.54) is 12.0 Å². The third-order valence-electron chi connectivity index (χ3n) is 15.5. The normalized spacial score (nSPS) is 17.3. The summed E-state index contributed by atoms with van der Waals surface area (Å²) in [6.07, 6.45) is 5.22. The fourth-order valence-corrected chi connectivity index (χ4v) is 11.6. The monoisotopic (exact) mass is 1350 g/mol. The van der Waals surface area contributed by atoms with Crippen LogP contribution in [0.5, 0.6) is 0 Å². The predicted octanol–water partition coefficient (Wildman–Crippen LogP) is 25.3. The van der Waals surface area contributed by atoms with E-state index in [4.69, 9.17) is 4.99 Å². The molecule has 1 saturated heterocycles. The van der Waals surface area contributed by atoms with Gasteiger partial charge in [0.05, 0.1) is 23.0 Å². The first-order chi connectivity index (χ1) is 43.9. The number of aliphatic imine (C=N–C) groups is 2. The average molecular weight is 1350 g/mol. The van der Waals surface area contributed by atoms with Crippen molar-refractivity contribution < 1.29 is 19.2 Å². The highest BCUT2D eigenvalue weighted by molar-refractivity contribution is 6.13. The van der Waals surface area contributed by atoms with Crippen molar-refractivity contribution in [3.63, 3.8) is 0 Å². The molecule has 4 atom stereocenters. The second-order valence-corrected chi connectivity index (χ2v) is 31.1. The number of para-hydroxylation sites is 3. The maximum atomic E-state index is 13.7. The zero-order valence-electron chi connectivity index (χ0n) is 68.8. The maximum absolute atomic E-state index is 13.7. The Hall–Kier alpha value is -5.90. The van der Waals surface area contributed by atoms with Crippen molar-refractivity contribution in [3.8, 4) is 11.1 Å². The lowest BCUT2D eigenvalue weighted by Gasteiger charge is -2.40. The lowest BCUT2D eigenvalue weighted by molar-refractivity contribution is -0.143. The van der Waals surface area contributed by atoms with E-state index in [0.29, 0.717) is 5.91 Å². The molecular weight excluding hydrogens is 1190 g/mol. The highest BCUT2D eigenvalue weighted by Crippen LogP contribution is 2.49. The van der Waals surface area contributed by atoms with Gasteiger partial charge < -0.3 is 19.6 Å². The molecule has 0 bridgehead atoms. The smallest absolute Gasteiger partial charge is 0.252 e. The van der Waals surface area contributed by atoms with Crippen molar-refractivity contribution in [2.24, 2.45) is 37.6 Å². The van der Waals surface area contributed by atoms with Crippen molar-refractivity contribution >= 4 is 52.6 Å². The zero-order valence-corrected chi connectivity index (χ0v) is 68.8. The van der Waals surface area contributed by atoms with Gasteiger partial charge >= 0.3 is 0 Å². The molecule has 0 saturated carbocycles. The molecular formula is C87H154N6O4. The zero-order chi connectivity index (χ0) is 75.4. The van der Waals surface area contributed by atoms with Crippen molar-refractivity contribution in [1.82, 2.24) is 4.90 Å². The van der Waals surface area contributed by atoms with Crippen LogP contribution in [-0.4, -0.2) is 81.2 Å². The molecule has 0 radical (unpaired) electrons. The van der Waals surface area contributed by atoms with Crippen LogP contribution < -0.4 is 14.7 Å². The van der Waals surface area contributed by atoms with Crippen LogP contribution in [0.1, 0.15) is 327 Å². The van der Waals surface area contributed by atoms with Crippen LogP contribution in [0, 0.1) is 27.6 Å². The number of carbonyl (C=O) groups is 4. The number of amides is 4. The van der Waals surface area contributed by atoms with E-state index in [1.807, 2.05) is 185 Å². The molecule has 4 unspecified atom stereocenters. The van der Waals surface area contributed by atoms with Crippen LogP contribution in [0.2, 0.25) is 0 Å². The Bertz CT molecular complexity index is 2860. The minimum Gasteiger partial charge on any atom is -0.338 e. The van der Waals surface area contributed by atoms with Crippen LogP contribution in [-0.2, 0) is 19.2 Å². The van der Waals surface area contributed by atoms with Gasteiger partial charge in [-0.05, 0) is 154 Å². The quantitative estimate of drug-likeness (QED) is 0.175. The molecule has 97 heavy (non-hydrogen) atoms. The summed E-state index contributed by atoms with van der Waals surface area (Å²) in [5.74, 6) is 0.727. The molecule has 4 heterocycles. The molecule has 4 amide bonds. The molecule has 8 rings (SSSR count). The fourth-order valence-electron chi connectivity index (χ4n) is 11.6. The highest BCUT2D eigenvalue weighted by Gasteiger charge is 2.46. The summed E-state index contributed by atoms with van der Waals surface area (Å²) in [6.45, 7) is 81.5. The lowest BCUT2D eigenvalue weighted by atomic mass is 9.74. The number of benzene rings is 4. The number of likely N-dealkylation sites (tertiary alicyclic amines) is 1. The number of hydrogen-bond donors (Lipinski definition) is 0. The van der Waals surface area contributed by atoms with Crippen LogP contribution in [0.25, 0.3) is 11.1 Å². The summed E-state index contributed by atoms with van der Waals surface area (Å²) in [6, 6.07) is 31.9. The van der Waals surface area contributed by atoms with E-state index in [1.54, 1.807) is 0 Å². The lowest BCUT2D eigenvalue weighted by Crippen LogP contribution is -2.52. The van der Waals surface area contributed by atoms with Gasteiger partial charge in [-0.25, -0.2) is 0 Å². The van der Waals surface area contributed by atoms with E-state index in [9.17, 15) is 19.2 Å². The molecule has 0 spiro atoms. The minimum absolute atomic E-state index is 0. The van der Waals surface area contributed by atoms with E-state index in [0.717, 1.165) is 64.4 Å². The van der Waals surface area contributed by atoms with Crippen LogP contribution in [0.3, 0.4) is 0 Å². The summed E-state index contributed by atoms with van der Waals surface area (Å²) < 4.78 is 0. The van der Waals surface area contributed by atoms with E-state index < -0.39 is 0 Å². The average Bonchev–Trinajstić information content (AvgIpc) is 1.64. The first-order valence-corrected chi connectivity index (χ1v) is 36.7. The number of carbonyl (C=O) groups excluding carboxylic acids is 4. The second kappa shape index (κ2) is 43.6. The number of hydrogen-bond acceptors (Lipinski definition) is 6. The van der Waals surface area contributed by atoms with Gasteiger partial charge in [0, 0.05) is 63.2 Å². The third-order valence-corrected chi connectivity index (χ3v) is 15.5. The Labute approximate surface area is 601 Å². The molecule has 10 heteroatoms. The van der Waals surface area contributed by atoms with Gasteiger partial charge in [0.2, 0.25) is 11.8 Å². The van der Waals surface area contributed by atoms with Gasteiger partial charge in [0.1, 0.15) is 12.1 Å². The Morgan fingerprint density at radius 1 is 0.361 bits per heavy atom. The predicted molar refractivity (Wildman–Crippen MR) is 436 cm³/mol. The minimum atomic E-state index is -0.357. The Morgan fingerprint density at radius 3 is 1.11 bits per heavy atom. The molecule has 4 aromatic rings. The summed E-state index contributed by atoms with van der Waals surface area (Å²) >= 11 is 0. The summed E-state index contributed by atoms with van der Waals surface area (Å²) in [7, 11) is 0. The molecule has 4 aliphatic heterocycles. The first-order valence-electron chi connectivity index (χ1n) is 36.7. The molecule has 1 fully saturated rings. The fraction of sp³-hybridized carbons (Fsp3) is 0.655. The Morgan fingerprint density at radius 2 is 0.711 bits per heavy atom. The van der Waals surface area contributed by atoms with E-state index in [2.05, 4.69) is 212 Å². The van der Waals surface area contributed by atoms with Crippen LogP contribution in [0.15, 0.2) is 107 Å². The molecule has 0 aromatic heterocycles. The van der Waals surface area contributed by atoms with Gasteiger partial charge in [-0.1, -0.05) is 280 Å². The van der Waals surface area contributed by atoms with E-state index >= 15 is 0 Å². The Kier molecular flexibility index (Phi) is 44.8. The largest absolute Gasteiger partial charge is 0.338 e. The number of anilines is 3. The number of nitrogens with zero attached hydrogens (tertiary/aromatic N) is 6. The van der Waals surface area contributed by atoms with Gasteiger partial charge in [-0.3, -0.25) is 29.2 Å². The summed E-state index contributed by atoms with van der Waals surface area (Å²) in [5, 5.41) is 0. The molecule has 0 N–H and O–H groups in total. The molecule has 10 nitrogen and oxygen atoms in total. The van der Waals surface area contributed by atoms with Crippen LogP contribution >= 0.6 is 0 Å². The second-order valence-electron chi connectivity index (χ2n) is 31.1. The van der Waals surface area contributed by atoms with E-state index in [-0.39, 0.29) is 100 Å². The number of fused-ring (bicyclic) bond motifs is 5. The molecule has 0 aliphatic carbocycles. The topological polar surface area (TPSA) is 106 Å². The Balaban J connectivity index is -0.000000365. The molecule has 4 aliphatic rings. The van der Waals surface area contributed by atoms with Gasteiger partial charge in [-0.2, -0.15) is 0 Å². The van der Waals surface area contributed by atoms with Crippen molar-refractivity contribution in [1.29, 1.82) is 0 Å². The maximum Gasteiger partial charge on any atom is 0.252 e. The van der Waals surface area contributed by atoms with Gasteiger partial charge in [0.15, 0.2) is 0 Å². The van der Waals surface area contributed by atoms with Gasteiger partial charge in [-0.15, -0.1) is 0 Å². The van der Waals surface area contributed by atoms with Crippen molar-refractivity contribution in [2.75, 3.05) is 21.2 Å². The molecule has 556 valence electrons. The van der Waals surface area contributed by atoms with Crippen molar-refractivity contribution in [3.05, 3.63) is 114 Å². The standard InChI is InChI=1S/C22H27NO.C18H26N2O.C17H24N2O.C14H27NO.7C2H6.2CH4/c1-21(2,3)19-17-13-8-7-11-15(17)16-12-9-10-14-18(16)23(20(19)24)22(4,5)6;1-12-13-10-8-9-11-14(13)20(18(5,6)7)16(21)15(19-12)17(2,3)4;1-16(2,3)14-15(20)19(17(4,5)6)13-10-8-7-9-12(13)11-18-14;1-13(2,3)11-9-7-8-10-15(12(11)16)14(4,5)6;7*1-2;;/h7-14,19H,1-6H3;8-11,15H,1-7H3;7-11,14H,1-6H3;11H,7-10H2,1-6H3;7*1-2H3;2*1H4.